The monoisotopic (exact) mass is 392 g/mol. The van der Waals surface area contributed by atoms with Gasteiger partial charge in [0, 0.05) is 0 Å². The van der Waals surface area contributed by atoms with E-state index in [1.54, 1.807) is 17.9 Å². The number of rotatable bonds is 6. The van der Waals surface area contributed by atoms with Crippen LogP contribution in [0.1, 0.15) is 6.92 Å². The number of amides is 1. The van der Waals surface area contributed by atoms with Crippen LogP contribution in [-0.4, -0.2) is 73.5 Å². The van der Waals surface area contributed by atoms with E-state index >= 15 is 0 Å². The number of nitrogens with one attached hydrogen (secondary N) is 1. The highest BCUT2D eigenvalue weighted by Gasteiger charge is 2.29. The van der Waals surface area contributed by atoms with Crippen molar-refractivity contribution in [2.75, 3.05) is 56.5 Å². The van der Waals surface area contributed by atoms with Crippen LogP contribution in [0.4, 0.5) is 5.69 Å². The lowest BCUT2D eigenvalue weighted by Gasteiger charge is -2.34. The number of carbonyl (C=O) groups is 2. The molecule has 146 valence electrons. The molecule has 0 unspecified atom stereocenters. The topological polar surface area (TPSA) is 74.5 Å². The van der Waals surface area contributed by atoms with Gasteiger partial charge in [-0.15, -0.1) is 0 Å². The minimum Gasteiger partial charge on any atom is -0.506 e. The number of hydrogen-bond donors (Lipinski definition) is 2. The predicted octanol–water partition coefficient (Wildman–Crippen LogP) is 0.0770. The lowest BCUT2D eigenvalue weighted by molar-refractivity contribution is -0.899. The lowest BCUT2D eigenvalue weighted by atomic mass is 10.2. The van der Waals surface area contributed by atoms with E-state index in [4.69, 9.17) is 4.74 Å². The summed E-state index contributed by atoms with van der Waals surface area (Å²) >= 11 is 1.39. The molecule has 0 aromatic heterocycles. The Labute approximate surface area is 163 Å². The number of carbonyl (C=O) groups excluding carboxylic acids is 2. The number of phenols is 1. The predicted molar refractivity (Wildman–Crippen MR) is 105 cm³/mol. The zero-order valence-electron chi connectivity index (χ0n) is 15.5. The second-order valence-electron chi connectivity index (χ2n) is 6.54. The first-order valence-corrected chi connectivity index (χ1v) is 10.2. The summed E-state index contributed by atoms with van der Waals surface area (Å²) in [7, 11) is 0. The first-order chi connectivity index (χ1) is 13.1. The Morgan fingerprint density at radius 2 is 2.07 bits per heavy atom. The van der Waals surface area contributed by atoms with Crippen LogP contribution in [0.15, 0.2) is 35.4 Å². The van der Waals surface area contributed by atoms with Gasteiger partial charge in [0.2, 0.25) is 5.91 Å². The minimum absolute atomic E-state index is 0.0443. The smallest absolute Gasteiger partial charge is 0.333 e. The van der Waals surface area contributed by atoms with Gasteiger partial charge in [0.15, 0.2) is 0 Å². The Hall–Kier alpha value is -2.19. The van der Waals surface area contributed by atoms with Gasteiger partial charge in [-0.05, 0) is 19.1 Å². The van der Waals surface area contributed by atoms with Crippen molar-refractivity contribution in [1.82, 2.24) is 4.90 Å². The second-order valence-corrected chi connectivity index (χ2v) is 7.54. The molecule has 0 aliphatic carbocycles. The normalized spacial score (nSPS) is 19.7. The molecule has 0 saturated carbocycles. The van der Waals surface area contributed by atoms with Gasteiger partial charge in [0.1, 0.15) is 5.75 Å². The molecule has 2 fully saturated rings. The van der Waals surface area contributed by atoms with E-state index in [0.29, 0.717) is 29.7 Å². The first kappa shape index (κ1) is 19.6. The van der Waals surface area contributed by atoms with Gasteiger partial charge >= 0.3 is 5.97 Å². The Kier molecular flexibility index (Phi) is 6.63. The lowest BCUT2D eigenvalue weighted by Crippen LogP contribution is -3.15. The van der Waals surface area contributed by atoms with E-state index in [-0.39, 0.29) is 5.91 Å². The van der Waals surface area contributed by atoms with Crippen LogP contribution in [0.5, 0.6) is 5.75 Å². The zero-order chi connectivity index (χ0) is 19.2. The summed E-state index contributed by atoms with van der Waals surface area (Å²) in [5.74, 6) is 0.335. The standard InChI is InChI=1S/C19H25N3O4S/c1-2-26-19(25)13-18-22(17(24)14-27-18)12-9-20-7-10-21(11-8-20)15-5-3-4-6-16(15)23/h3-6,13,23H,2,7-12,14H2,1H3/p+1/b18-13-. The molecule has 0 radical (unpaired) electrons. The van der Waals surface area contributed by atoms with E-state index in [9.17, 15) is 14.7 Å². The highest BCUT2D eigenvalue weighted by molar-refractivity contribution is 8.04. The van der Waals surface area contributed by atoms with E-state index in [2.05, 4.69) is 4.90 Å². The van der Waals surface area contributed by atoms with Crippen LogP contribution >= 0.6 is 11.8 Å². The highest BCUT2D eigenvalue weighted by atomic mass is 32.2. The van der Waals surface area contributed by atoms with Gasteiger partial charge in [-0.3, -0.25) is 4.79 Å². The molecule has 2 heterocycles. The molecule has 2 aliphatic heterocycles. The van der Waals surface area contributed by atoms with Crippen LogP contribution in [-0.2, 0) is 14.3 Å². The molecule has 3 rings (SSSR count). The highest BCUT2D eigenvalue weighted by Crippen LogP contribution is 2.28. The van der Waals surface area contributed by atoms with Crippen molar-refractivity contribution in [3.05, 3.63) is 35.4 Å². The molecule has 1 aromatic carbocycles. The number of ether oxygens (including phenoxy) is 1. The molecule has 0 bridgehead atoms. The maximum Gasteiger partial charge on any atom is 0.333 e. The summed E-state index contributed by atoms with van der Waals surface area (Å²) < 4.78 is 4.95. The largest absolute Gasteiger partial charge is 0.506 e. The molecule has 0 atom stereocenters. The number of para-hydroxylation sites is 2. The minimum atomic E-state index is -0.400. The van der Waals surface area contributed by atoms with Crippen molar-refractivity contribution in [3.63, 3.8) is 0 Å². The van der Waals surface area contributed by atoms with Crippen molar-refractivity contribution in [1.29, 1.82) is 0 Å². The van der Waals surface area contributed by atoms with Gasteiger partial charge in [0.25, 0.3) is 0 Å². The van der Waals surface area contributed by atoms with E-state index in [1.165, 1.54) is 22.7 Å². The zero-order valence-corrected chi connectivity index (χ0v) is 16.3. The van der Waals surface area contributed by atoms with Crippen molar-refractivity contribution in [2.45, 2.75) is 6.92 Å². The number of phenolic OH excluding ortho intramolecular Hbond substituents is 1. The number of esters is 1. The quantitative estimate of drug-likeness (QED) is 0.528. The number of hydrogen-bond acceptors (Lipinski definition) is 6. The summed E-state index contributed by atoms with van der Waals surface area (Å²) in [4.78, 5) is 29.1. The third-order valence-electron chi connectivity index (χ3n) is 4.82. The summed E-state index contributed by atoms with van der Waals surface area (Å²) in [5, 5.41) is 10.7. The fraction of sp³-hybridized carbons (Fsp3) is 0.474. The number of benzene rings is 1. The molecule has 27 heavy (non-hydrogen) atoms. The van der Waals surface area contributed by atoms with Crippen LogP contribution in [0.3, 0.4) is 0 Å². The summed E-state index contributed by atoms with van der Waals surface area (Å²) in [6.45, 7) is 7.14. The summed E-state index contributed by atoms with van der Waals surface area (Å²) in [6, 6.07) is 7.41. The Balaban J connectivity index is 1.51. The Morgan fingerprint density at radius 1 is 1.33 bits per heavy atom. The maximum absolute atomic E-state index is 12.1. The fourth-order valence-electron chi connectivity index (χ4n) is 3.37. The molecule has 1 amide bonds. The number of aromatic hydroxyl groups is 1. The number of quaternary nitrogens is 1. The second kappa shape index (κ2) is 9.14. The van der Waals surface area contributed by atoms with Crippen LogP contribution in [0.25, 0.3) is 0 Å². The average Bonchev–Trinajstić information content (AvgIpc) is 3.00. The Bertz CT molecular complexity index is 717. The SMILES string of the molecule is CCOC(=O)/C=C1\SCC(=O)N1CC[NH+]1CCN(c2ccccc2O)CC1. The third-order valence-corrected chi connectivity index (χ3v) is 5.85. The van der Waals surface area contributed by atoms with Gasteiger partial charge in [-0.2, -0.15) is 0 Å². The van der Waals surface area contributed by atoms with Crippen molar-refractivity contribution < 1.29 is 24.3 Å². The van der Waals surface area contributed by atoms with Crippen LogP contribution in [0.2, 0.25) is 0 Å². The first-order valence-electron chi connectivity index (χ1n) is 9.26. The molecule has 2 saturated heterocycles. The number of piperazine rings is 1. The maximum atomic E-state index is 12.1. The molecular weight excluding hydrogens is 366 g/mol. The van der Waals surface area contributed by atoms with Crippen molar-refractivity contribution >= 4 is 29.3 Å². The van der Waals surface area contributed by atoms with Gasteiger partial charge in [-0.25, -0.2) is 4.79 Å². The number of anilines is 1. The number of nitrogens with zero attached hydrogens (tertiary/aromatic N) is 2. The number of thioether (sulfide) groups is 1. The van der Waals surface area contributed by atoms with E-state index in [0.717, 1.165) is 38.4 Å². The molecule has 8 heteroatoms. The molecule has 2 aliphatic rings. The van der Waals surface area contributed by atoms with E-state index in [1.807, 2.05) is 18.2 Å². The molecule has 7 nitrogen and oxygen atoms in total. The summed E-state index contributed by atoms with van der Waals surface area (Å²) in [6.07, 6.45) is 1.42. The molecule has 2 N–H and O–H groups in total. The van der Waals surface area contributed by atoms with Crippen LogP contribution in [0, 0.1) is 0 Å². The average molecular weight is 393 g/mol. The van der Waals surface area contributed by atoms with Gasteiger partial charge < -0.3 is 24.5 Å². The summed E-state index contributed by atoms with van der Waals surface area (Å²) in [5.41, 5.74) is 0.877. The fourth-order valence-corrected chi connectivity index (χ4v) is 4.32. The van der Waals surface area contributed by atoms with Crippen molar-refractivity contribution in [3.8, 4) is 5.75 Å². The molecular formula is C19H26N3O4S+. The van der Waals surface area contributed by atoms with Gasteiger partial charge in [0.05, 0.1) is 68.4 Å². The Morgan fingerprint density at radius 3 is 2.78 bits per heavy atom. The van der Waals surface area contributed by atoms with Crippen molar-refractivity contribution in [2.24, 2.45) is 0 Å². The molecule has 0 spiro atoms. The van der Waals surface area contributed by atoms with Gasteiger partial charge in [-0.1, -0.05) is 23.9 Å². The van der Waals surface area contributed by atoms with Crippen LogP contribution < -0.4 is 9.80 Å². The third kappa shape index (κ3) is 4.95. The van der Waals surface area contributed by atoms with E-state index < -0.39 is 5.97 Å². The molecule has 1 aromatic rings.